The lowest BCUT2D eigenvalue weighted by molar-refractivity contribution is -0.122. The maximum absolute atomic E-state index is 11.8. The molecule has 1 aromatic carbocycles. The summed E-state index contributed by atoms with van der Waals surface area (Å²) in [5.41, 5.74) is 12.2. The number of rotatable bonds is 2. The van der Waals surface area contributed by atoms with E-state index in [1.807, 2.05) is 0 Å². The molecule has 0 saturated heterocycles. The molecule has 5 nitrogen and oxygen atoms in total. The number of nitrogens with two attached hydrogens (primary N) is 2. The summed E-state index contributed by atoms with van der Waals surface area (Å²) in [5.74, 6) is -0.861. The predicted octanol–water partition coefficient (Wildman–Crippen LogP) is 0.281. The summed E-state index contributed by atoms with van der Waals surface area (Å²) in [7, 11) is 0. The van der Waals surface area contributed by atoms with Gasteiger partial charge in [-0.1, -0.05) is 22.0 Å². The van der Waals surface area contributed by atoms with Gasteiger partial charge in [0.15, 0.2) is 0 Å². The van der Waals surface area contributed by atoms with Crippen molar-refractivity contribution in [3.05, 3.63) is 28.2 Å². The molecule has 2 rings (SSSR count). The Hall–Kier alpha value is -1.40. The molecule has 1 heterocycles. The fourth-order valence-electron chi connectivity index (χ4n) is 1.75. The van der Waals surface area contributed by atoms with Crippen LogP contribution in [0, 0.1) is 0 Å². The monoisotopic (exact) mass is 283 g/mol. The number of carbonyl (C=O) groups excluding carboxylic acids is 2. The number of nitrogens with zero attached hydrogens (tertiary/aromatic N) is 1. The molecule has 1 atom stereocenters. The summed E-state index contributed by atoms with van der Waals surface area (Å²) in [6.45, 7) is -0.143. The van der Waals surface area contributed by atoms with Gasteiger partial charge in [0.1, 0.15) is 12.6 Å². The lowest BCUT2D eigenvalue weighted by Crippen LogP contribution is -2.38. The zero-order valence-electron chi connectivity index (χ0n) is 8.31. The van der Waals surface area contributed by atoms with Crippen LogP contribution in [-0.4, -0.2) is 18.4 Å². The molecule has 1 unspecified atom stereocenters. The second kappa shape index (κ2) is 3.88. The van der Waals surface area contributed by atoms with Gasteiger partial charge in [-0.2, -0.15) is 0 Å². The molecular weight excluding hydrogens is 274 g/mol. The van der Waals surface area contributed by atoms with Crippen LogP contribution in [0.2, 0.25) is 0 Å². The van der Waals surface area contributed by atoms with E-state index in [4.69, 9.17) is 11.5 Å². The summed E-state index contributed by atoms with van der Waals surface area (Å²) in [4.78, 5) is 24.0. The van der Waals surface area contributed by atoms with E-state index < -0.39 is 11.9 Å². The fourth-order valence-corrected chi connectivity index (χ4v) is 2.10. The zero-order chi connectivity index (χ0) is 11.9. The smallest absolute Gasteiger partial charge is 0.249 e. The molecule has 0 bridgehead atoms. The molecule has 0 radical (unpaired) electrons. The molecule has 6 heteroatoms. The SMILES string of the molecule is NC(=O)CN1C(=O)C(N)c2ccc(Br)cc21. The zero-order valence-corrected chi connectivity index (χ0v) is 9.90. The number of fused-ring (bicyclic) bond motifs is 1. The first-order valence-corrected chi connectivity index (χ1v) is 5.44. The van der Waals surface area contributed by atoms with Crippen LogP contribution in [0.1, 0.15) is 11.6 Å². The van der Waals surface area contributed by atoms with Gasteiger partial charge in [0.25, 0.3) is 0 Å². The van der Waals surface area contributed by atoms with E-state index in [2.05, 4.69) is 15.9 Å². The third-order valence-corrected chi connectivity index (χ3v) is 2.96. The Bertz CT molecular complexity index is 475. The Balaban J connectivity index is 2.47. The highest BCUT2D eigenvalue weighted by molar-refractivity contribution is 9.10. The van der Waals surface area contributed by atoms with E-state index in [-0.39, 0.29) is 12.5 Å². The minimum Gasteiger partial charge on any atom is -0.368 e. The van der Waals surface area contributed by atoms with Gasteiger partial charge in [0, 0.05) is 10.0 Å². The van der Waals surface area contributed by atoms with Crippen molar-refractivity contribution < 1.29 is 9.59 Å². The average molecular weight is 284 g/mol. The van der Waals surface area contributed by atoms with Gasteiger partial charge in [0.05, 0.1) is 5.69 Å². The van der Waals surface area contributed by atoms with E-state index in [9.17, 15) is 9.59 Å². The summed E-state index contributed by atoms with van der Waals surface area (Å²) in [6.07, 6.45) is 0. The average Bonchev–Trinajstić information content (AvgIpc) is 2.43. The number of amides is 2. The third kappa shape index (κ3) is 1.70. The maximum Gasteiger partial charge on any atom is 0.249 e. The second-order valence-corrected chi connectivity index (χ2v) is 4.49. The number of hydrogen-bond donors (Lipinski definition) is 2. The van der Waals surface area contributed by atoms with Crippen molar-refractivity contribution in [3.8, 4) is 0 Å². The van der Waals surface area contributed by atoms with E-state index in [0.29, 0.717) is 5.69 Å². The lowest BCUT2D eigenvalue weighted by Gasteiger charge is -2.15. The molecule has 16 heavy (non-hydrogen) atoms. The largest absolute Gasteiger partial charge is 0.368 e. The summed E-state index contributed by atoms with van der Waals surface area (Å²) in [5, 5.41) is 0. The topological polar surface area (TPSA) is 89.4 Å². The number of benzene rings is 1. The predicted molar refractivity (Wildman–Crippen MR) is 62.6 cm³/mol. The van der Waals surface area contributed by atoms with Crippen molar-refractivity contribution in [2.24, 2.45) is 11.5 Å². The van der Waals surface area contributed by atoms with E-state index in [1.165, 1.54) is 4.90 Å². The molecule has 1 aliphatic heterocycles. The summed E-state index contributed by atoms with van der Waals surface area (Å²) >= 11 is 3.30. The van der Waals surface area contributed by atoms with E-state index in [1.54, 1.807) is 18.2 Å². The minimum atomic E-state index is -0.706. The van der Waals surface area contributed by atoms with Crippen molar-refractivity contribution in [3.63, 3.8) is 0 Å². The van der Waals surface area contributed by atoms with Crippen molar-refractivity contribution in [2.75, 3.05) is 11.4 Å². The normalized spacial score (nSPS) is 18.8. The molecule has 0 saturated carbocycles. The number of primary amides is 1. The Morgan fingerprint density at radius 3 is 2.81 bits per heavy atom. The van der Waals surface area contributed by atoms with Crippen molar-refractivity contribution in [2.45, 2.75) is 6.04 Å². The van der Waals surface area contributed by atoms with Crippen LogP contribution >= 0.6 is 15.9 Å². The molecule has 84 valence electrons. The fraction of sp³-hybridized carbons (Fsp3) is 0.200. The van der Waals surface area contributed by atoms with Crippen molar-refractivity contribution in [1.82, 2.24) is 0 Å². The first kappa shape index (κ1) is 11.1. The molecule has 2 amide bonds. The van der Waals surface area contributed by atoms with Crippen LogP contribution < -0.4 is 16.4 Å². The van der Waals surface area contributed by atoms with Crippen LogP contribution in [-0.2, 0) is 9.59 Å². The van der Waals surface area contributed by atoms with Gasteiger partial charge < -0.3 is 16.4 Å². The Labute approximate surface area is 101 Å². The first-order valence-electron chi connectivity index (χ1n) is 4.65. The molecule has 0 aromatic heterocycles. The molecule has 0 fully saturated rings. The van der Waals surface area contributed by atoms with Gasteiger partial charge in [-0.25, -0.2) is 0 Å². The lowest BCUT2D eigenvalue weighted by atomic mass is 10.1. The van der Waals surface area contributed by atoms with Crippen molar-refractivity contribution in [1.29, 1.82) is 0 Å². The highest BCUT2D eigenvalue weighted by atomic mass is 79.9. The van der Waals surface area contributed by atoms with Crippen LogP contribution in [0.4, 0.5) is 5.69 Å². The highest BCUT2D eigenvalue weighted by Gasteiger charge is 2.35. The number of halogens is 1. The van der Waals surface area contributed by atoms with Crippen LogP contribution in [0.3, 0.4) is 0 Å². The summed E-state index contributed by atoms with van der Waals surface area (Å²) in [6, 6.07) is 4.62. The van der Waals surface area contributed by atoms with Gasteiger partial charge >= 0.3 is 0 Å². The second-order valence-electron chi connectivity index (χ2n) is 3.57. The first-order chi connectivity index (χ1) is 7.50. The van der Waals surface area contributed by atoms with Gasteiger partial charge in [-0.15, -0.1) is 0 Å². The number of carbonyl (C=O) groups is 2. The van der Waals surface area contributed by atoms with Gasteiger partial charge in [-0.3, -0.25) is 9.59 Å². The van der Waals surface area contributed by atoms with Crippen molar-refractivity contribution >= 4 is 33.4 Å². The Morgan fingerprint density at radius 2 is 2.19 bits per heavy atom. The highest BCUT2D eigenvalue weighted by Crippen LogP contribution is 2.36. The standard InChI is InChI=1S/C10H10BrN3O2/c11-5-1-2-6-7(3-5)14(4-8(12)15)10(16)9(6)13/h1-3,9H,4,13H2,(H2,12,15). The van der Waals surface area contributed by atoms with Crippen LogP contribution in [0.5, 0.6) is 0 Å². The molecule has 4 N–H and O–H groups in total. The van der Waals surface area contributed by atoms with Crippen LogP contribution in [0.25, 0.3) is 0 Å². The third-order valence-electron chi connectivity index (χ3n) is 2.46. The maximum atomic E-state index is 11.8. The quantitative estimate of drug-likeness (QED) is 0.817. The number of hydrogen-bond acceptors (Lipinski definition) is 3. The van der Waals surface area contributed by atoms with E-state index in [0.717, 1.165) is 10.0 Å². The Kier molecular flexibility index (Phi) is 2.69. The molecular formula is C10H10BrN3O2. The molecule has 1 aliphatic rings. The molecule has 0 aliphatic carbocycles. The van der Waals surface area contributed by atoms with Gasteiger partial charge in [0.2, 0.25) is 11.8 Å². The van der Waals surface area contributed by atoms with Gasteiger partial charge in [-0.05, 0) is 12.1 Å². The summed E-state index contributed by atoms with van der Waals surface area (Å²) < 4.78 is 0.822. The van der Waals surface area contributed by atoms with Crippen LogP contribution in [0.15, 0.2) is 22.7 Å². The molecule has 0 spiro atoms. The number of anilines is 1. The van der Waals surface area contributed by atoms with E-state index >= 15 is 0 Å². The minimum absolute atomic E-state index is 0.143. The molecule has 1 aromatic rings. The Morgan fingerprint density at radius 1 is 1.50 bits per heavy atom.